The molecule has 2 aliphatic rings. The Labute approximate surface area is 81.6 Å². The van der Waals surface area contributed by atoms with Gasteiger partial charge in [-0.05, 0) is 5.57 Å². The molecular formula is C9H14O5. The van der Waals surface area contributed by atoms with E-state index in [9.17, 15) is 10.2 Å². The lowest BCUT2D eigenvalue weighted by molar-refractivity contribution is -0.211. The van der Waals surface area contributed by atoms with Crippen LogP contribution in [0.2, 0.25) is 0 Å². The lowest BCUT2D eigenvalue weighted by atomic mass is 9.94. The van der Waals surface area contributed by atoms with Crippen molar-refractivity contribution in [3.05, 3.63) is 12.2 Å². The number of ether oxygens (including phenoxy) is 2. The minimum atomic E-state index is -1.10. The Morgan fingerprint density at radius 1 is 1.36 bits per heavy atom. The van der Waals surface area contributed by atoms with Gasteiger partial charge in [0.25, 0.3) is 0 Å². The van der Waals surface area contributed by atoms with Crippen molar-refractivity contribution in [1.29, 1.82) is 0 Å². The van der Waals surface area contributed by atoms with Gasteiger partial charge in [-0.3, -0.25) is 0 Å². The third kappa shape index (κ3) is 1.37. The number of rotatable bonds is 1. The highest BCUT2D eigenvalue weighted by Gasteiger charge is 2.48. The molecular weight excluding hydrogens is 188 g/mol. The van der Waals surface area contributed by atoms with Gasteiger partial charge >= 0.3 is 0 Å². The van der Waals surface area contributed by atoms with E-state index >= 15 is 0 Å². The van der Waals surface area contributed by atoms with Crippen molar-refractivity contribution in [2.75, 3.05) is 13.2 Å². The highest BCUT2D eigenvalue weighted by atomic mass is 16.6. The molecule has 5 heteroatoms. The number of aliphatic hydroxyl groups excluding tert-OH is 3. The second-order valence-electron chi connectivity index (χ2n) is 3.69. The lowest BCUT2D eigenvalue weighted by Crippen LogP contribution is -2.57. The Hall–Kier alpha value is -0.460. The van der Waals surface area contributed by atoms with Crippen molar-refractivity contribution >= 4 is 0 Å². The summed E-state index contributed by atoms with van der Waals surface area (Å²) < 4.78 is 10.6. The molecule has 2 saturated heterocycles. The molecule has 0 amide bonds. The molecule has 5 nitrogen and oxygen atoms in total. The number of fused-ring (bicyclic) bond motifs is 1. The van der Waals surface area contributed by atoms with E-state index in [1.807, 2.05) is 0 Å². The molecule has 5 atom stereocenters. The Balaban J connectivity index is 2.16. The average Bonchev–Trinajstić information content (AvgIpc) is 2.54. The first-order chi connectivity index (χ1) is 6.65. The summed E-state index contributed by atoms with van der Waals surface area (Å²) in [4.78, 5) is 0. The van der Waals surface area contributed by atoms with Crippen molar-refractivity contribution < 1.29 is 24.8 Å². The maximum Gasteiger partial charge on any atom is 0.116 e. The summed E-state index contributed by atoms with van der Waals surface area (Å²) >= 11 is 0. The molecule has 0 unspecified atom stereocenters. The van der Waals surface area contributed by atoms with Crippen LogP contribution in [0.15, 0.2) is 12.2 Å². The Bertz CT molecular complexity index is 241. The van der Waals surface area contributed by atoms with Crippen LogP contribution >= 0.6 is 0 Å². The molecule has 2 heterocycles. The standard InChI is InChI=1S/C9H14O5/c1-4-3-13-9-7(12)6(11)5(2-10)14-8(4)9/h5-12H,1-3H2/t5-,6-,7+,8-,9-/m1/s1. The maximum absolute atomic E-state index is 9.66. The summed E-state index contributed by atoms with van der Waals surface area (Å²) in [6, 6.07) is 0. The summed E-state index contributed by atoms with van der Waals surface area (Å²) in [6.45, 7) is 3.75. The quantitative estimate of drug-likeness (QED) is 0.447. The van der Waals surface area contributed by atoms with Crippen LogP contribution in [0.1, 0.15) is 0 Å². The van der Waals surface area contributed by atoms with Crippen LogP contribution in [-0.4, -0.2) is 59.1 Å². The predicted octanol–water partition coefficient (Wildman–Crippen LogP) is -1.58. The fourth-order valence-electron chi connectivity index (χ4n) is 1.89. The zero-order valence-corrected chi connectivity index (χ0v) is 7.67. The summed E-state index contributed by atoms with van der Waals surface area (Å²) in [5.41, 5.74) is 0.736. The summed E-state index contributed by atoms with van der Waals surface area (Å²) in [5, 5.41) is 28.1. The number of hydrogen-bond donors (Lipinski definition) is 3. The molecule has 80 valence electrons. The van der Waals surface area contributed by atoms with Gasteiger partial charge in [0.1, 0.15) is 30.5 Å². The van der Waals surface area contributed by atoms with Crippen LogP contribution in [0, 0.1) is 0 Å². The van der Waals surface area contributed by atoms with Crippen molar-refractivity contribution in [3.8, 4) is 0 Å². The number of hydrogen-bond acceptors (Lipinski definition) is 5. The number of aliphatic hydroxyl groups is 3. The Kier molecular flexibility index (Phi) is 2.59. The molecule has 0 aliphatic carbocycles. The van der Waals surface area contributed by atoms with Crippen molar-refractivity contribution in [2.24, 2.45) is 0 Å². The smallest absolute Gasteiger partial charge is 0.116 e. The minimum Gasteiger partial charge on any atom is -0.394 e. The van der Waals surface area contributed by atoms with E-state index in [0.29, 0.717) is 6.61 Å². The van der Waals surface area contributed by atoms with E-state index in [-0.39, 0.29) is 6.61 Å². The Morgan fingerprint density at radius 2 is 2.07 bits per heavy atom. The largest absolute Gasteiger partial charge is 0.394 e. The van der Waals surface area contributed by atoms with Crippen LogP contribution in [0.3, 0.4) is 0 Å². The van der Waals surface area contributed by atoms with Gasteiger partial charge in [0.15, 0.2) is 0 Å². The van der Waals surface area contributed by atoms with Crippen LogP contribution in [-0.2, 0) is 9.47 Å². The van der Waals surface area contributed by atoms with Gasteiger partial charge in [-0.2, -0.15) is 0 Å². The van der Waals surface area contributed by atoms with Gasteiger partial charge in [0.05, 0.1) is 13.2 Å². The van der Waals surface area contributed by atoms with E-state index in [2.05, 4.69) is 6.58 Å². The molecule has 2 rings (SSSR count). The van der Waals surface area contributed by atoms with Gasteiger partial charge in [-0.15, -0.1) is 0 Å². The van der Waals surface area contributed by atoms with Crippen LogP contribution < -0.4 is 0 Å². The highest BCUT2D eigenvalue weighted by molar-refractivity contribution is 5.15. The van der Waals surface area contributed by atoms with Gasteiger partial charge in [-0.25, -0.2) is 0 Å². The average molecular weight is 202 g/mol. The highest BCUT2D eigenvalue weighted by Crippen LogP contribution is 2.31. The summed E-state index contributed by atoms with van der Waals surface area (Å²) in [6.07, 6.45) is -3.85. The van der Waals surface area contributed by atoms with E-state index in [1.54, 1.807) is 0 Å². The molecule has 3 N–H and O–H groups in total. The zero-order chi connectivity index (χ0) is 10.3. The van der Waals surface area contributed by atoms with Crippen LogP contribution in [0.5, 0.6) is 0 Å². The van der Waals surface area contributed by atoms with Gasteiger partial charge < -0.3 is 24.8 Å². The fraction of sp³-hybridized carbons (Fsp3) is 0.778. The molecule has 0 aromatic carbocycles. The van der Waals surface area contributed by atoms with Crippen molar-refractivity contribution in [1.82, 2.24) is 0 Å². The molecule has 0 spiro atoms. The molecule has 0 aromatic heterocycles. The molecule has 0 bridgehead atoms. The van der Waals surface area contributed by atoms with Gasteiger partial charge in [0.2, 0.25) is 0 Å². The molecule has 0 radical (unpaired) electrons. The first-order valence-corrected chi connectivity index (χ1v) is 4.57. The molecule has 0 saturated carbocycles. The first-order valence-electron chi connectivity index (χ1n) is 4.57. The lowest BCUT2D eigenvalue weighted by Gasteiger charge is -2.38. The second kappa shape index (κ2) is 3.60. The minimum absolute atomic E-state index is 0.325. The summed E-state index contributed by atoms with van der Waals surface area (Å²) in [5.74, 6) is 0. The Morgan fingerprint density at radius 3 is 2.71 bits per heavy atom. The molecule has 0 aromatic rings. The van der Waals surface area contributed by atoms with E-state index in [0.717, 1.165) is 5.57 Å². The fourth-order valence-corrected chi connectivity index (χ4v) is 1.89. The maximum atomic E-state index is 9.66. The van der Waals surface area contributed by atoms with Gasteiger partial charge in [0, 0.05) is 0 Å². The van der Waals surface area contributed by atoms with E-state index in [1.165, 1.54) is 0 Å². The predicted molar refractivity (Wildman–Crippen MR) is 46.6 cm³/mol. The van der Waals surface area contributed by atoms with E-state index < -0.39 is 30.5 Å². The molecule has 2 aliphatic heterocycles. The zero-order valence-electron chi connectivity index (χ0n) is 7.67. The van der Waals surface area contributed by atoms with Crippen LogP contribution in [0.4, 0.5) is 0 Å². The van der Waals surface area contributed by atoms with Crippen LogP contribution in [0.25, 0.3) is 0 Å². The normalized spacial score (nSPS) is 47.9. The van der Waals surface area contributed by atoms with Gasteiger partial charge in [-0.1, -0.05) is 6.58 Å². The monoisotopic (exact) mass is 202 g/mol. The topological polar surface area (TPSA) is 79.2 Å². The second-order valence-corrected chi connectivity index (χ2v) is 3.69. The SMILES string of the molecule is C=C1CO[C@@H]2[C@@H](O)[C@H](O)[C@@H](CO)O[C@H]12. The molecule has 2 fully saturated rings. The van der Waals surface area contributed by atoms with E-state index in [4.69, 9.17) is 14.6 Å². The first kappa shape index (κ1) is 10.1. The molecule has 14 heavy (non-hydrogen) atoms. The third-order valence-electron chi connectivity index (χ3n) is 2.73. The third-order valence-corrected chi connectivity index (χ3v) is 2.73. The van der Waals surface area contributed by atoms with Crippen molar-refractivity contribution in [2.45, 2.75) is 30.5 Å². The summed E-state index contributed by atoms with van der Waals surface area (Å²) in [7, 11) is 0. The van der Waals surface area contributed by atoms with Crippen molar-refractivity contribution in [3.63, 3.8) is 0 Å².